The van der Waals surface area contributed by atoms with E-state index >= 15 is 0 Å². The van der Waals surface area contributed by atoms with Crippen molar-refractivity contribution in [3.8, 4) is 0 Å². The van der Waals surface area contributed by atoms with E-state index in [4.69, 9.17) is 0 Å². The van der Waals surface area contributed by atoms with Crippen molar-refractivity contribution in [2.45, 2.75) is 13.0 Å². The van der Waals surface area contributed by atoms with Gasteiger partial charge in [0.05, 0.1) is 11.7 Å². The number of halogens is 5. The molecule has 2 rings (SSSR count). The van der Waals surface area contributed by atoms with E-state index in [2.05, 4.69) is 21.2 Å². The predicted molar refractivity (Wildman–Crippen MR) is 72.5 cm³/mol. The van der Waals surface area contributed by atoms with Crippen molar-refractivity contribution in [1.29, 1.82) is 0 Å². The highest BCUT2D eigenvalue weighted by molar-refractivity contribution is 9.10. The van der Waals surface area contributed by atoms with Gasteiger partial charge in [-0.15, -0.1) is 0 Å². The molecule has 20 heavy (non-hydrogen) atoms. The van der Waals surface area contributed by atoms with Gasteiger partial charge in [-0.05, 0) is 19.1 Å². The summed E-state index contributed by atoms with van der Waals surface area (Å²) in [6.07, 6.45) is 0. The minimum absolute atomic E-state index is 0.223. The SMILES string of the molecule is CC(Nc1cc(F)c(F)cc1F)c1ccc(Br)cc1F. The molecule has 1 atom stereocenters. The second kappa shape index (κ2) is 5.83. The summed E-state index contributed by atoms with van der Waals surface area (Å²) in [6.45, 7) is 1.59. The second-order valence-corrected chi connectivity index (χ2v) is 5.19. The molecule has 0 saturated carbocycles. The third-order valence-electron chi connectivity index (χ3n) is 2.81. The summed E-state index contributed by atoms with van der Waals surface area (Å²) in [5.41, 5.74) is 0.0658. The van der Waals surface area contributed by atoms with Crippen molar-refractivity contribution >= 4 is 21.6 Å². The molecule has 0 heterocycles. The van der Waals surface area contributed by atoms with Gasteiger partial charge in [-0.3, -0.25) is 0 Å². The highest BCUT2D eigenvalue weighted by Crippen LogP contribution is 2.26. The van der Waals surface area contributed by atoms with Crippen LogP contribution in [0.4, 0.5) is 23.2 Å². The number of rotatable bonds is 3. The van der Waals surface area contributed by atoms with E-state index in [0.29, 0.717) is 16.6 Å². The average molecular weight is 348 g/mol. The molecule has 6 heteroatoms. The van der Waals surface area contributed by atoms with Crippen LogP contribution < -0.4 is 5.32 Å². The fraction of sp³-hybridized carbons (Fsp3) is 0.143. The Hall–Kier alpha value is -1.56. The van der Waals surface area contributed by atoms with Crippen LogP contribution in [-0.4, -0.2) is 0 Å². The Balaban J connectivity index is 2.27. The van der Waals surface area contributed by atoms with Gasteiger partial charge in [-0.1, -0.05) is 22.0 Å². The minimum atomic E-state index is -1.27. The maximum absolute atomic E-state index is 13.7. The summed E-state index contributed by atoms with van der Waals surface area (Å²) >= 11 is 3.13. The number of hydrogen-bond donors (Lipinski definition) is 1. The van der Waals surface area contributed by atoms with Gasteiger partial charge in [0, 0.05) is 22.2 Å². The molecular formula is C14H10BrF4N. The Morgan fingerprint density at radius 3 is 2.20 bits per heavy atom. The van der Waals surface area contributed by atoms with E-state index in [0.717, 1.165) is 0 Å². The van der Waals surface area contributed by atoms with Crippen molar-refractivity contribution in [3.63, 3.8) is 0 Å². The van der Waals surface area contributed by atoms with Crippen molar-refractivity contribution in [2.75, 3.05) is 5.32 Å². The number of anilines is 1. The van der Waals surface area contributed by atoms with Crippen molar-refractivity contribution < 1.29 is 17.6 Å². The number of hydrogen-bond acceptors (Lipinski definition) is 1. The molecule has 1 unspecified atom stereocenters. The number of benzene rings is 2. The predicted octanol–water partition coefficient (Wildman–Crippen LogP) is 5.18. The van der Waals surface area contributed by atoms with Gasteiger partial charge in [0.25, 0.3) is 0 Å². The molecule has 0 saturated heterocycles. The van der Waals surface area contributed by atoms with Crippen LogP contribution in [0, 0.1) is 23.3 Å². The minimum Gasteiger partial charge on any atom is -0.376 e. The van der Waals surface area contributed by atoms with E-state index in [1.807, 2.05) is 0 Å². The summed E-state index contributed by atoms with van der Waals surface area (Å²) in [4.78, 5) is 0. The lowest BCUT2D eigenvalue weighted by Gasteiger charge is -2.17. The molecule has 0 aliphatic rings. The van der Waals surface area contributed by atoms with Gasteiger partial charge in [0.15, 0.2) is 11.6 Å². The highest BCUT2D eigenvalue weighted by atomic mass is 79.9. The third-order valence-corrected chi connectivity index (χ3v) is 3.30. The molecule has 0 fully saturated rings. The zero-order valence-electron chi connectivity index (χ0n) is 10.4. The Morgan fingerprint density at radius 1 is 0.900 bits per heavy atom. The fourth-order valence-corrected chi connectivity index (χ4v) is 2.13. The lowest BCUT2D eigenvalue weighted by Crippen LogP contribution is -2.10. The van der Waals surface area contributed by atoms with Crippen LogP contribution in [0.15, 0.2) is 34.8 Å². The van der Waals surface area contributed by atoms with Gasteiger partial charge in [-0.25, -0.2) is 17.6 Å². The van der Waals surface area contributed by atoms with Crippen LogP contribution in [0.25, 0.3) is 0 Å². The van der Waals surface area contributed by atoms with Gasteiger partial charge in [-0.2, -0.15) is 0 Å². The smallest absolute Gasteiger partial charge is 0.161 e. The molecule has 1 nitrogen and oxygen atoms in total. The molecule has 0 aliphatic heterocycles. The number of nitrogens with one attached hydrogen (secondary N) is 1. The standard InChI is InChI=1S/C14H10BrF4N/c1-7(9-3-2-8(15)4-10(9)16)20-14-6-12(18)11(17)5-13(14)19/h2-7,20H,1H3. The van der Waals surface area contributed by atoms with Crippen LogP contribution >= 0.6 is 15.9 Å². The van der Waals surface area contributed by atoms with Crippen molar-refractivity contribution in [2.24, 2.45) is 0 Å². The van der Waals surface area contributed by atoms with Gasteiger partial charge >= 0.3 is 0 Å². The Bertz CT molecular complexity index is 645. The molecule has 0 radical (unpaired) electrons. The van der Waals surface area contributed by atoms with Crippen LogP contribution in [0.3, 0.4) is 0 Å². The molecule has 0 aliphatic carbocycles. The summed E-state index contributed by atoms with van der Waals surface area (Å²) in [7, 11) is 0. The summed E-state index contributed by atoms with van der Waals surface area (Å²) in [5.74, 6) is -3.86. The first-order chi connectivity index (χ1) is 9.38. The van der Waals surface area contributed by atoms with E-state index in [-0.39, 0.29) is 11.3 Å². The second-order valence-electron chi connectivity index (χ2n) is 4.28. The first kappa shape index (κ1) is 14.8. The normalized spacial score (nSPS) is 12.3. The quantitative estimate of drug-likeness (QED) is 0.595. The largest absolute Gasteiger partial charge is 0.376 e. The molecule has 0 spiro atoms. The lowest BCUT2D eigenvalue weighted by atomic mass is 10.1. The Morgan fingerprint density at radius 2 is 1.55 bits per heavy atom. The zero-order chi connectivity index (χ0) is 14.9. The molecular weight excluding hydrogens is 338 g/mol. The lowest BCUT2D eigenvalue weighted by molar-refractivity contribution is 0.495. The first-order valence-corrected chi connectivity index (χ1v) is 6.54. The topological polar surface area (TPSA) is 12.0 Å². The fourth-order valence-electron chi connectivity index (χ4n) is 1.80. The van der Waals surface area contributed by atoms with Crippen molar-refractivity contribution in [1.82, 2.24) is 0 Å². The van der Waals surface area contributed by atoms with Gasteiger partial charge in [0.2, 0.25) is 0 Å². The third kappa shape index (κ3) is 3.12. The van der Waals surface area contributed by atoms with Crippen LogP contribution in [-0.2, 0) is 0 Å². The zero-order valence-corrected chi connectivity index (χ0v) is 11.9. The van der Waals surface area contributed by atoms with Gasteiger partial charge < -0.3 is 5.32 Å². The summed E-state index contributed by atoms with van der Waals surface area (Å²) in [6, 6.07) is 4.98. The van der Waals surface area contributed by atoms with E-state index in [9.17, 15) is 17.6 Å². The summed E-state index contributed by atoms with van der Waals surface area (Å²) < 4.78 is 53.7. The van der Waals surface area contributed by atoms with E-state index in [1.54, 1.807) is 13.0 Å². The summed E-state index contributed by atoms with van der Waals surface area (Å²) in [5, 5.41) is 2.62. The van der Waals surface area contributed by atoms with E-state index < -0.39 is 29.3 Å². The van der Waals surface area contributed by atoms with Crippen molar-refractivity contribution in [3.05, 3.63) is 63.6 Å². The van der Waals surface area contributed by atoms with Crippen LogP contribution in [0.5, 0.6) is 0 Å². The molecule has 2 aromatic carbocycles. The molecule has 0 bridgehead atoms. The molecule has 2 aromatic rings. The van der Waals surface area contributed by atoms with Gasteiger partial charge in [0.1, 0.15) is 11.6 Å². The molecule has 1 N–H and O–H groups in total. The Labute approximate surface area is 121 Å². The van der Waals surface area contributed by atoms with Crippen LogP contribution in [0.2, 0.25) is 0 Å². The molecule has 106 valence electrons. The first-order valence-electron chi connectivity index (χ1n) is 5.74. The van der Waals surface area contributed by atoms with Crippen LogP contribution in [0.1, 0.15) is 18.5 Å². The van der Waals surface area contributed by atoms with E-state index in [1.165, 1.54) is 12.1 Å². The molecule has 0 amide bonds. The Kier molecular flexibility index (Phi) is 4.32. The average Bonchev–Trinajstić information content (AvgIpc) is 2.35. The maximum atomic E-state index is 13.7. The maximum Gasteiger partial charge on any atom is 0.161 e. The monoisotopic (exact) mass is 347 g/mol. The highest BCUT2D eigenvalue weighted by Gasteiger charge is 2.15. The molecule has 0 aromatic heterocycles.